The molecule has 9 nitrogen and oxygen atoms in total. The molecule has 202 valence electrons. The Morgan fingerprint density at radius 1 is 1.05 bits per heavy atom. The van der Waals surface area contributed by atoms with Gasteiger partial charge in [0.25, 0.3) is 5.56 Å². The molecule has 39 heavy (non-hydrogen) atoms. The molecular weight excluding hydrogens is 512 g/mol. The van der Waals surface area contributed by atoms with Crippen molar-refractivity contribution >= 4 is 39.1 Å². The monoisotopic (exact) mass is 544 g/mol. The van der Waals surface area contributed by atoms with Gasteiger partial charge in [0.2, 0.25) is 0 Å². The first-order valence-electron chi connectivity index (χ1n) is 13.3. The van der Waals surface area contributed by atoms with E-state index in [9.17, 15) is 4.79 Å². The van der Waals surface area contributed by atoms with Crippen LogP contribution in [0.4, 0.5) is 5.69 Å². The maximum atomic E-state index is 13.8. The Morgan fingerprint density at radius 2 is 1.82 bits per heavy atom. The van der Waals surface area contributed by atoms with Gasteiger partial charge in [0.15, 0.2) is 0 Å². The Labute approximate surface area is 232 Å². The summed E-state index contributed by atoms with van der Waals surface area (Å²) in [5.74, 6) is 0. The number of hydrogen-bond donors (Lipinski definition) is 1. The van der Waals surface area contributed by atoms with E-state index in [1.807, 2.05) is 45.5 Å². The summed E-state index contributed by atoms with van der Waals surface area (Å²) in [6.07, 6.45) is 7.66. The molecule has 1 saturated heterocycles. The van der Waals surface area contributed by atoms with Crippen LogP contribution in [0.2, 0.25) is 5.15 Å². The highest BCUT2D eigenvalue weighted by molar-refractivity contribution is 6.29. The van der Waals surface area contributed by atoms with Crippen molar-refractivity contribution in [3.8, 4) is 11.3 Å². The van der Waals surface area contributed by atoms with Gasteiger partial charge in [-0.2, -0.15) is 10.2 Å². The van der Waals surface area contributed by atoms with Gasteiger partial charge in [-0.3, -0.25) is 14.0 Å². The molecule has 0 bridgehead atoms. The van der Waals surface area contributed by atoms with Crippen LogP contribution in [0.15, 0.2) is 47.7 Å². The Kier molecular flexibility index (Phi) is 6.43. The van der Waals surface area contributed by atoms with Gasteiger partial charge in [0.1, 0.15) is 10.8 Å². The van der Waals surface area contributed by atoms with Gasteiger partial charge in [-0.05, 0) is 76.2 Å². The lowest BCUT2D eigenvalue weighted by atomic mass is 9.95. The minimum Gasteiger partial charge on any atom is -0.377 e. The van der Waals surface area contributed by atoms with Crippen molar-refractivity contribution in [1.29, 1.82) is 0 Å². The van der Waals surface area contributed by atoms with E-state index in [0.29, 0.717) is 10.5 Å². The third-order valence-electron chi connectivity index (χ3n) is 7.92. The van der Waals surface area contributed by atoms with Crippen molar-refractivity contribution in [2.75, 3.05) is 25.5 Å². The van der Waals surface area contributed by atoms with E-state index >= 15 is 0 Å². The fraction of sp³-hybridized carbons (Fsp3) is 0.379. The molecule has 4 aromatic heterocycles. The van der Waals surface area contributed by atoms with Gasteiger partial charge < -0.3 is 10.2 Å². The Bertz CT molecular complexity index is 1760. The summed E-state index contributed by atoms with van der Waals surface area (Å²) >= 11 is 6.28. The van der Waals surface area contributed by atoms with Crippen molar-refractivity contribution in [2.45, 2.75) is 38.8 Å². The molecule has 1 fully saturated rings. The van der Waals surface area contributed by atoms with Crippen LogP contribution in [0.25, 0.3) is 33.1 Å². The molecule has 5 aromatic rings. The Morgan fingerprint density at radius 3 is 2.54 bits per heavy atom. The summed E-state index contributed by atoms with van der Waals surface area (Å²) in [5, 5.41) is 15.9. The topological polar surface area (TPSA) is 85.8 Å². The third kappa shape index (κ3) is 4.49. The van der Waals surface area contributed by atoms with Crippen molar-refractivity contribution in [2.24, 2.45) is 14.1 Å². The van der Waals surface area contributed by atoms with Gasteiger partial charge in [-0.15, -0.1) is 0 Å². The fourth-order valence-corrected chi connectivity index (χ4v) is 6.05. The first-order valence-corrected chi connectivity index (χ1v) is 13.7. The van der Waals surface area contributed by atoms with Crippen LogP contribution in [-0.2, 0) is 14.1 Å². The van der Waals surface area contributed by atoms with Gasteiger partial charge in [0.05, 0.1) is 29.8 Å². The number of benzene rings is 1. The number of rotatable bonds is 5. The molecule has 1 aliphatic rings. The highest BCUT2D eigenvalue weighted by atomic mass is 35.5. The van der Waals surface area contributed by atoms with Crippen LogP contribution in [0.1, 0.15) is 43.0 Å². The Hall–Kier alpha value is -3.69. The normalized spacial score (nSPS) is 15.8. The lowest BCUT2D eigenvalue weighted by Gasteiger charge is -2.29. The van der Waals surface area contributed by atoms with Gasteiger partial charge in [-0.25, -0.2) is 9.67 Å². The van der Waals surface area contributed by atoms with Gasteiger partial charge in [0, 0.05) is 48.1 Å². The first kappa shape index (κ1) is 25.6. The fourth-order valence-electron chi connectivity index (χ4n) is 5.90. The average molecular weight is 545 g/mol. The number of fused-ring (bicyclic) bond motifs is 3. The molecular formula is C29H33ClN8O. The largest absolute Gasteiger partial charge is 0.377 e. The minimum atomic E-state index is -0.132. The zero-order chi connectivity index (χ0) is 27.4. The zero-order valence-corrected chi connectivity index (χ0v) is 23.7. The highest BCUT2D eigenvalue weighted by Crippen LogP contribution is 2.36. The summed E-state index contributed by atoms with van der Waals surface area (Å²) in [6, 6.07) is 8.02. The molecule has 10 heteroatoms. The summed E-state index contributed by atoms with van der Waals surface area (Å²) in [4.78, 5) is 20.7. The van der Waals surface area contributed by atoms with E-state index in [1.54, 1.807) is 21.5 Å². The summed E-state index contributed by atoms with van der Waals surface area (Å²) in [7, 11) is 5.89. The molecule has 0 saturated carbocycles. The molecule has 1 unspecified atom stereocenters. The van der Waals surface area contributed by atoms with E-state index in [1.165, 1.54) is 0 Å². The van der Waals surface area contributed by atoms with Crippen LogP contribution in [-0.4, -0.2) is 54.1 Å². The van der Waals surface area contributed by atoms with E-state index in [2.05, 4.69) is 45.0 Å². The molecule has 1 aliphatic heterocycles. The number of aryl methyl sites for hydroxylation is 3. The molecule has 1 N–H and O–H groups in total. The minimum absolute atomic E-state index is 0.00599. The average Bonchev–Trinajstić information content (AvgIpc) is 3.55. The standard InChI is InChI=1S/C29H33ClN8O/c1-17-12-21(18(2)33-24-6-7-25(30)34-27(24)19-14-31-36(4)16-19)26-22(13-17)29(39)37(5)28-23(26)15-32-38(28)20-8-10-35(3)11-9-20/h6-7,12-16,18,20,33H,8-11H2,1-5H3. The number of likely N-dealkylation sites (tertiary alicyclic amines) is 1. The van der Waals surface area contributed by atoms with Crippen molar-refractivity contribution in [3.63, 3.8) is 0 Å². The number of hydrogen-bond acceptors (Lipinski definition) is 6. The van der Waals surface area contributed by atoms with E-state index < -0.39 is 0 Å². The smallest absolute Gasteiger partial charge is 0.259 e. The van der Waals surface area contributed by atoms with Crippen molar-refractivity contribution in [3.05, 3.63) is 69.5 Å². The summed E-state index contributed by atoms with van der Waals surface area (Å²) < 4.78 is 5.59. The van der Waals surface area contributed by atoms with Crippen LogP contribution < -0.4 is 10.9 Å². The SMILES string of the molecule is Cc1cc(C(C)Nc2ccc(Cl)nc2-c2cnn(C)c2)c2c(c1)c(=O)n(C)c1c2cnn1C1CCN(C)CC1. The molecule has 0 spiro atoms. The van der Waals surface area contributed by atoms with Crippen LogP contribution in [0.5, 0.6) is 0 Å². The maximum absolute atomic E-state index is 13.8. The molecule has 6 rings (SSSR count). The van der Waals surface area contributed by atoms with Gasteiger partial charge in [-0.1, -0.05) is 17.7 Å². The van der Waals surface area contributed by atoms with Crippen molar-refractivity contribution in [1.82, 2.24) is 34.0 Å². The predicted molar refractivity (Wildman–Crippen MR) is 156 cm³/mol. The lowest BCUT2D eigenvalue weighted by molar-refractivity contribution is 0.214. The third-order valence-corrected chi connectivity index (χ3v) is 8.13. The molecule has 0 amide bonds. The van der Waals surface area contributed by atoms with Crippen molar-refractivity contribution < 1.29 is 0 Å². The molecule has 1 atom stereocenters. The Balaban J connectivity index is 1.49. The van der Waals surface area contributed by atoms with Crippen LogP contribution >= 0.6 is 11.6 Å². The first-order chi connectivity index (χ1) is 18.7. The number of nitrogens with one attached hydrogen (secondary N) is 1. The zero-order valence-electron chi connectivity index (χ0n) is 22.9. The molecule has 5 heterocycles. The lowest BCUT2D eigenvalue weighted by Crippen LogP contribution is -2.32. The summed E-state index contributed by atoms with van der Waals surface area (Å²) in [6.45, 7) is 6.19. The van der Waals surface area contributed by atoms with E-state index in [4.69, 9.17) is 16.7 Å². The maximum Gasteiger partial charge on any atom is 0.259 e. The number of piperidine rings is 1. The quantitative estimate of drug-likeness (QED) is 0.310. The van der Waals surface area contributed by atoms with Gasteiger partial charge >= 0.3 is 0 Å². The number of aromatic nitrogens is 6. The van der Waals surface area contributed by atoms with Crippen LogP contribution in [0.3, 0.4) is 0 Å². The molecule has 0 radical (unpaired) electrons. The van der Waals surface area contributed by atoms with Crippen LogP contribution in [0, 0.1) is 6.92 Å². The van der Waals surface area contributed by atoms with E-state index in [-0.39, 0.29) is 17.6 Å². The number of nitrogens with zero attached hydrogens (tertiary/aromatic N) is 7. The predicted octanol–water partition coefficient (Wildman–Crippen LogP) is 5.09. The second kappa shape index (κ2) is 9.81. The highest BCUT2D eigenvalue weighted by Gasteiger charge is 2.25. The second-order valence-corrected chi connectivity index (χ2v) is 11.2. The number of anilines is 1. The summed E-state index contributed by atoms with van der Waals surface area (Å²) in [5.41, 5.74) is 5.40. The van der Waals surface area contributed by atoms with E-state index in [0.717, 1.165) is 70.4 Å². The molecule has 0 aliphatic carbocycles. The molecule has 1 aromatic carbocycles. The number of pyridine rings is 2. The second-order valence-electron chi connectivity index (χ2n) is 10.8. The number of halogens is 1.